The zero-order chi connectivity index (χ0) is 16.9. The van der Waals surface area contributed by atoms with Crippen molar-refractivity contribution in [1.82, 2.24) is 9.97 Å². The minimum atomic E-state index is -0.571. The highest BCUT2D eigenvalue weighted by Gasteiger charge is 2.50. The SMILES string of the molecule is CC1(C)C(=O)N(C2CC2)c2nc(NC(=O)c3ccncc3)ccc21. The van der Waals surface area contributed by atoms with Crippen LogP contribution in [0.1, 0.15) is 42.6 Å². The number of rotatable bonds is 3. The van der Waals surface area contributed by atoms with Crippen LogP contribution in [0.5, 0.6) is 0 Å². The van der Waals surface area contributed by atoms with Crippen LogP contribution in [0.25, 0.3) is 0 Å². The molecular weight excluding hydrogens is 304 g/mol. The van der Waals surface area contributed by atoms with Gasteiger partial charge in [-0.3, -0.25) is 19.5 Å². The molecule has 0 atom stereocenters. The largest absolute Gasteiger partial charge is 0.306 e. The molecule has 2 aromatic rings. The van der Waals surface area contributed by atoms with E-state index < -0.39 is 5.41 Å². The fourth-order valence-electron chi connectivity index (χ4n) is 3.07. The molecule has 122 valence electrons. The first kappa shape index (κ1) is 14.8. The summed E-state index contributed by atoms with van der Waals surface area (Å²) in [5, 5.41) is 2.79. The van der Waals surface area contributed by atoms with Crippen molar-refractivity contribution in [3.63, 3.8) is 0 Å². The minimum Gasteiger partial charge on any atom is -0.306 e. The Bertz CT molecular complexity index is 828. The molecule has 2 aliphatic rings. The molecule has 24 heavy (non-hydrogen) atoms. The van der Waals surface area contributed by atoms with E-state index in [-0.39, 0.29) is 17.9 Å². The van der Waals surface area contributed by atoms with Gasteiger partial charge in [0.25, 0.3) is 5.91 Å². The smallest absolute Gasteiger partial charge is 0.256 e. The van der Waals surface area contributed by atoms with Gasteiger partial charge in [-0.15, -0.1) is 0 Å². The monoisotopic (exact) mass is 322 g/mol. The Labute approximate surface area is 139 Å². The molecule has 6 heteroatoms. The van der Waals surface area contributed by atoms with Gasteiger partial charge in [-0.05, 0) is 44.9 Å². The molecule has 0 aromatic carbocycles. The number of nitrogens with zero attached hydrogens (tertiary/aromatic N) is 3. The molecular formula is C18H18N4O2. The van der Waals surface area contributed by atoms with Crippen molar-refractivity contribution in [2.24, 2.45) is 0 Å². The molecule has 2 amide bonds. The van der Waals surface area contributed by atoms with E-state index in [4.69, 9.17) is 0 Å². The lowest BCUT2D eigenvalue weighted by Gasteiger charge is -2.19. The zero-order valence-electron chi connectivity index (χ0n) is 13.6. The lowest BCUT2D eigenvalue weighted by atomic mass is 9.87. The van der Waals surface area contributed by atoms with Crippen LogP contribution in [0.2, 0.25) is 0 Å². The fourth-order valence-corrected chi connectivity index (χ4v) is 3.07. The molecule has 0 saturated heterocycles. The molecule has 1 aliphatic carbocycles. The average Bonchev–Trinajstić information content (AvgIpc) is 3.38. The molecule has 0 unspecified atom stereocenters. The Balaban J connectivity index is 1.66. The summed E-state index contributed by atoms with van der Waals surface area (Å²) in [4.78, 5) is 35.3. The fraction of sp³-hybridized carbons (Fsp3) is 0.333. The molecule has 0 radical (unpaired) electrons. The third-order valence-corrected chi connectivity index (χ3v) is 4.63. The van der Waals surface area contributed by atoms with Crippen LogP contribution in [0.3, 0.4) is 0 Å². The van der Waals surface area contributed by atoms with E-state index in [2.05, 4.69) is 15.3 Å². The molecule has 2 aromatic heterocycles. The van der Waals surface area contributed by atoms with Crippen LogP contribution in [0.4, 0.5) is 11.6 Å². The molecule has 0 spiro atoms. The summed E-state index contributed by atoms with van der Waals surface area (Å²) in [6.45, 7) is 3.85. The number of anilines is 2. The first-order chi connectivity index (χ1) is 11.5. The number of aromatic nitrogens is 2. The van der Waals surface area contributed by atoms with Gasteiger partial charge in [-0.25, -0.2) is 4.98 Å². The van der Waals surface area contributed by atoms with Gasteiger partial charge >= 0.3 is 0 Å². The van der Waals surface area contributed by atoms with Crippen LogP contribution < -0.4 is 10.2 Å². The summed E-state index contributed by atoms with van der Waals surface area (Å²) < 4.78 is 0. The maximum Gasteiger partial charge on any atom is 0.256 e. The topological polar surface area (TPSA) is 75.2 Å². The molecule has 3 heterocycles. The van der Waals surface area contributed by atoms with Crippen LogP contribution in [-0.4, -0.2) is 27.8 Å². The number of pyridine rings is 2. The highest BCUT2D eigenvalue weighted by molar-refractivity contribution is 6.08. The molecule has 6 nitrogen and oxygen atoms in total. The lowest BCUT2D eigenvalue weighted by Crippen LogP contribution is -2.37. The summed E-state index contributed by atoms with van der Waals surface area (Å²) in [5.41, 5.74) is 0.863. The van der Waals surface area contributed by atoms with Gasteiger partial charge in [-0.1, -0.05) is 6.07 Å². The summed E-state index contributed by atoms with van der Waals surface area (Å²) in [5.74, 6) is 0.975. The second-order valence-corrected chi connectivity index (χ2v) is 6.79. The first-order valence-electron chi connectivity index (χ1n) is 8.05. The number of carbonyl (C=O) groups excluding carboxylic acids is 2. The molecule has 0 bridgehead atoms. The number of hydrogen-bond donors (Lipinski definition) is 1. The van der Waals surface area contributed by atoms with E-state index in [0.29, 0.717) is 17.2 Å². The molecule has 1 fully saturated rings. The third-order valence-electron chi connectivity index (χ3n) is 4.63. The molecule has 1 saturated carbocycles. The van der Waals surface area contributed by atoms with Crippen molar-refractivity contribution in [3.05, 3.63) is 47.8 Å². The normalized spacial score (nSPS) is 18.4. The van der Waals surface area contributed by atoms with Crippen molar-refractivity contribution in [1.29, 1.82) is 0 Å². The number of hydrogen-bond acceptors (Lipinski definition) is 4. The predicted molar refractivity (Wildman–Crippen MR) is 90.0 cm³/mol. The summed E-state index contributed by atoms with van der Waals surface area (Å²) in [6.07, 6.45) is 5.16. The quantitative estimate of drug-likeness (QED) is 0.942. The van der Waals surface area contributed by atoms with Crippen LogP contribution in [0, 0.1) is 0 Å². The molecule has 1 aliphatic heterocycles. The highest BCUT2D eigenvalue weighted by Crippen LogP contribution is 2.45. The van der Waals surface area contributed by atoms with Crippen LogP contribution >= 0.6 is 0 Å². The van der Waals surface area contributed by atoms with E-state index in [1.54, 1.807) is 35.5 Å². The zero-order valence-corrected chi connectivity index (χ0v) is 13.6. The number of carbonyl (C=O) groups is 2. The van der Waals surface area contributed by atoms with Crippen molar-refractivity contribution in [3.8, 4) is 0 Å². The summed E-state index contributed by atoms with van der Waals surface area (Å²) >= 11 is 0. The van der Waals surface area contributed by atoms with Crippen LogP contribution in [0.15, 0.2) is 36.7 Å². The van der Waals surface area contributed by atoms with Crippen molar-refractivity contribution in [2.45, 2.75) is 38.1 Å². The number of amides is 2. The van der Waals surface area contributed by atoms with Gasteiger partial charge in [0.15, 0.2) is 0 Å². The Morgan fingerprint density at radius 2 is 1.92 bits per heavy atom. The van der Waals surface area contributed by atoms with E-state index in [1.165, 1.54) is 0 Å². The van der Waals surface area contributed by atoms with Crippen molar-refractivity contribution in [2.75, 3.05) is 10.2 Å². The molecule has 4 rings (SSSR count). The predicted octanol–water partition coefficient (Wildman–Crippen LogP) is 2.52. The molecule has 1 N–H and O–H groups in total. The average molecular weight is 322 g/mol. The summed E-state index contributed by atoms with van der Waals surface area (Å²) in [6, 6.07) is 7.18. The lowest BCUT2D eigenvalue weighted by molar-refractivity contribution is -0.122. The van der Waals surface area contributed by atoms with Crippen molar-refractivity contribution < 1.29 is 9.59 Å². The second kappa shape index (κ2) is 5.12. The van der Waals surface area contributed by atoms with E-state index >= 15 is 0 Å². The third kappa shape index (κ3) is 2.26. The maximum absolute atomic E-state index is 12.7. The van der Waals surface area contributed by atoms with Gasteiger partial charge in [0, 0.05) is 29.6 Å². The maximum atomic E-state index is 12.7. The Hall–Kier alpha value is -2.76. The van der Waals surface area contributed by atoms with Gasteiger partial charge in [0.05, 0.1) is 5.41 Å². The van der Waals surface area contributed by atoms with Gasteiger partial charge in [0.2, 0.25) is 5.91 Å². The van der Waals surface area contributed by atoms with E-state index in [0.717, 1.165) is 18.4 Å². The van der Waals surface area contributed by atoms with E-state index in [1.807, 2.05) is 19.9 Å². The standard InChI is InChI=1S/C18H18N4O2/c1-18(2)13-5-6-14(21-16(23)11-7-9-19-10-8-11)20-15(13)22(17(18)24)12-3-4-12/h5-10,12H,3-4H2,1-2H3,(H,20,21,23). The Morgan fingerprint density at radius 1 is 1.21 bits per heavy atom. The number of fused-ring (bicyclic) bond motifs is 1. The van der Waals surface area contributed by atoms with Crippen LogP contribution in [-0.2, 0) is 10.2 Å². The van der Waals surface area contributed by atoms with E-state index in [9.17, 15) is 9.59 Å². The first-order valence-corrected chi connectivity index (χ1v) is 8.05. The van der Waals surface area contributed by atoms with Gasteiger partial charge in [-0.2, -0.15) is 0 Å². The van der Waals surface area contributed by atoms with Gasteiger partial charge < -0.3 is 5.32 Å². The summed E-state index contributed by atoms with van der Waals surface area (Å²) in [7, 11) is 0. The number of nitrogens with one attached hydrogen (secondary N) is 1. The van der Waals surface area contributed by atoms with Crippen molar-refractivity contribution >= 4 is 23.5 Å². The minimum absolute atomic E-state index is 0.0881. The highest BCUT2D eigenvalue weighted by atomic mass is 16.2. The Kier molecular flexibility index (Phi) is 3.16. The second-order valence-electron chi connectivity index (χ2n) is 6.79. The Morgan fingerprint density at radius 3 is 2.58 bits per heavy atom. The van der Waals surface area contributed by atoms with Gasteiger partial charge in [0.1, 0.15) is 11.6 Å².